The van der Waals surface area contributed by atoms with Gasteiger partial charge in [0.25, 0.3) is 5.22 Å². The van der Waals surface area contributed by atoms with Gasteiger partial charge in [-0.1, -0.05) is 41.6 Å². The molecule has 1 heterocycles. The van der Waals surface area contributed by atoms with Gasteiger partial charge >= 0.3 is 0 Å². The maximum atomic E-state index is 12.6. The summed E-state index contributed by atoms with van der Waals surface area (Å²) in [7, 11) is 0. The molecule has 0 amide bonds. The van der Waals surface area contributed by atoms with Crippen LogP contribution in [0.1, 0.15) is 36.7 Å². The van der Waals surface area contributed by atoms with Crippen molar-refractivity contribution in [2.75, 3.05) is 18.0 Å². The van der Waals surface area contributed by atoms with Crippen LogP contribution in [0.15, 0.2) is 58.2 Å². The first kappa shape index (κ1) is 20.1. The minimum absolute atomic E-state index is 0.0494. The number of anilines is 1. The van der Waals surface area contributed by atoms with Gasteiger partial charge in [0, 0.05) is 29.9 Å². The van der Waals surface area contributed by atoms with Crippen molar-refractivity contribution in [3.63, 3.8) is 0 Å². The van der Waals surface area contributed by atoms with Gasteiger partial charge in [-0.3, -0.25) is 4.79 Å². The number of carbonyl (C=O) groups is 1. The van der Waals surface area contributed by atoms with Gasteiger partial charge < -0.3 is 9.32 Å². The van der Waals surface area contributed by atoms with Crippen molar-refractivity contribution in [2.24, 2.45) is 0 Å². The lowest BCUT2D eigenvalue weighted by molar-refractivity contribution is 0.0993. The van der Waals surface area contributed by atoms with Crippen LogP contribution in [0.3, 0.4) is 0 Å². The van der Waals surface area contributed by atoms with E-state index in [-0.39, 0.29) is 11.0 Å². The predicted octanol–water partition coefficient (Wildman–Crippen LogP) is 5.25. The van der Waals surface area contributed by atoms with Crippen molar-refractivity contribution in [1.82, 2.24) is 10.2 Å². The number of rotatable bonds is 8. The van der Waals surface area contributed by atoms with E-state index in [0.717, 1.165) is 24.2 Å². The lowest BCUT2D eigenvalue weighted by Crippen LogP contribution is -2.21. The van der Waals surface area contributed by atoms with E-state index < -0.39 is 0 Å². The maximum absolute atomic E-state index is 12.6. The number of Topliss-reactive ketones (excluding diaryl/α,β-unsaturated/α-hetero) is 1. The van der Waals surface area contributed by atoms with Gasteiger partial charge in [0.15, 0.2) is 5.78 Å². The number of benzene rings is 2. The van der Waals surface area contributed by atoms with E-state index in [1.807, 2.05) is 50.2 Å². The minimum atomic E-state index is -0.305. The molecule has 0 N–H and O–H groups in total. The highest BCUT2D eigenvalue weighted by Crippen LogP contribution is 2.28. The van der Waals surface area contributed by atoms with E-state index in [0.29, 0.717) is 16.7 Å². The van der Waals surface area contributed by atoms with Crippen LogP contribution in [-0.4, -0.2) is 34.3 Å². The molecule has 0 spiro atoms. The first-order chi connectivity index (χ1) is 13.5. The maximum Gasteiger partial charge on any atom is 0.277 e. The molecule has 0 bridgehead atoms. The van der Waals surface area contributed by atoms with Crippen LogP contribution in [0.25, 0.3) is 11.5 Å². The fourth-order valence-corrected chi connectivity index (χ4v) is 3.70. The van der Waals surface area contributed by atoms with Gasteiger partial charge in [0.05, 0.1) is 5.25 Å². The zero-order valence-electron chi connectivity index (χ0n) is 16.7. The molecule has 1 atom stereocenters. The molecule has 3 rings (SSSR count). The van der Waals surface area contributed by atoms with Crippen molar-refractivity contribution in [1.29, 1.82) is 0 Å². The van der Waals surface area contributed by atoms with Gasteiger partial charge in [0.1, 0.15) is 0 Å². The molecule has 0 aliphatic heterocycles. The molecule has 1 aromatic heterocycles. The molecule has 5 nitrogen and oxygen atoms in total. The number of thioether (sulfide) groups is 1. The van der Waals surface area contributed by atoms with Crippen LogP contribution >= 0.6 is 11.8 Å². The summed E-state index contributed by atoms with van der Waals surface area (Å²) < 4.78 is 5.77. The van der Waals surface area contributed by atoms with E-state index >= 15 is 0 Å². The van der Waals surface area contributed by atoms with E-state index in [1.54, 1.807) is 0 Å². The summed E-state index contributed by atoms with van der Waals surface area (Å²) >= 11 is 1.28. The highest BCUT2D eigenvalue weighted by molar-refractivity contribution is 8.00. The van der Waals surface area contributed by atoms with Crippen molar-refractivity contribution < 1.29 is 9.21 Å². The summed E-state index contributed by atoms with van der Waals surface area (Å²) in [6.07, 6.45) is 0. The Kier molecular flexibility index (Phi) is 6.52. The Morgan fingerprint density at radius 3 is 2.29 bits per heavy atom. The average Bonchev–Trinajstić information content (AvgIpc) is 3.18. The monoisotopic (exact) mass is 395 g/mol. The van der Waals surface area contributed by atoms with Crippen LogP contribution in [0.5, 0.6) is 0 Å². The standard InChI is InChI=1S/C22H25N3O2S/c1-5-25(6-2)19-13-11-18(12-14-19)21-23-24-22(27-21)28-16(4)20(26)17-9-7-15(3)8-10-17/h7-14,16H,5-6H2,1-4H3/t16-/m1/s1. The molecule has 0 fully saturated rings. The fraction of sp³-hybridized carbons (Fsp3) is 0.318. The highest BCUT2D eigenvalue weighted by Gasteiger charge is 2.20. The molecule has 0 unspecified atom stereocenters. The van der Waals surface area contributed by atoms with Gasteiger partial charge in [-0.25, -0.2) is 0 Å². The highest BCUT2D eigenvalue weighted by atomic mass is 32.2. The van der Waals surface area contributed by atoms with Crippen molar-refractivity contribution in [3.05, 3.63) is 59.7 Å². The SMILES string of the molecule is CCN(CC)c1ccc(-c2nnc(S[C@H](C)C(=O)c3ccc(C)cc3)o2)cc1. The predicted molar refractivity (Wildman–Crippen MR) is 114 cm³/mol. The number of aromatic nitrogens is 2. The lowest BCUT2D eigenvalue weighted by atomic mass is 10.1. The van der Waals surface area contributed by atoms with Crippen molar-refractivity contribution >= 4 is 23.2 Å². The molecule has 2 aromatic carbocycles. The number of aryl methyl sites for hydroxylation is 1. The molecule has 6 heteroatoms. The zero-order chi connectivity index (χ0) is 20.1. The number of ketones is 1. The van der Waals surface area contributed by atoms with Gasteiger partial charge in [0.2, 0.25) is 5.89 Å². The molecule has 3 aromatic rings. The van der Waals surface area contributed by atoms with Crippen LogP contribution in [0.4, 0.5) is 5.69 Å². The number of hydrogen-bond donors (Lipinski definition) is 0. The summed E-state index contributed by atoms with van der Waals surface area (Å²) in [4.78, 5) is 14.9. The Bertz CT molecular complexity index is 916. The van der Waals surface area contributed by atoms with E-state index in [4.69, 9.17) is 4.42 Å². The summed E-state index contributed by atoms with van der Waals surface area (Å²) in [5.41, 5.74) is 3.86. The molecular weight excluding hydrogens is 370 g/mol. The third kappa shape index (κ3) is 4.62. The number of nitrogens with zero attached hydrogens (tertiary/aromatic N) is 3. The Balaban J connectivity index is 1.68. The summed E-state index contributed by atoms with van der Waals surface area (Å²) in [6.45, 7) is 10.1. The first-order valence-electron chi connectivity index (χ1n) is 9.48. The zero-order valence-corrected chi connectivity index (χ0v) is 17.5. The topological polar surface area (TPSA) is 59.2 Å². The molecule has 0 aliphatic carbocycles. The second kappa shape index (κ2) is 9.06. The normalized spacial score (nSPS) is 12.0. The Morgan fingerprint density at radius 1 is 1.04 bits per heavy atom. The molecule has 0 aliphatic rings. The van der Waals surface area contributed by atoms with Crippen LogP contribution in [0, 0.1) is 6.92 Å². The summed E-state index contributed by atoms with van der Waals surface area (Å²) in [6, 6.07) is 15.7. The third-order valence-corrected chi connectivity index (χ3v) is 5.57. The number of carbonyl (C=O) groups excluding carboxylic acids is 1. The number of hydrogen-bond acceptors (Lipinski definition) is 6. The lowest BCUT2D eigenvalue weighted by Gasteiger charge is -2.20. The average molecular weight is 396 g/mol. The van der Waals surface area contributed by atoms with E-state index in [2.05, 4.69) is 41.1 Å². The first-order valence-corrected chi connectivity index (χ1v) is 10.4. The van der Waals surface area contributed by atoms with E-state index in [1.165, 1.54) is 17.4 Å². The van der Waals surface area contributed by atoms with E-state index in [9.17, 15) is 4.79 Å². The van der Waals surface area contributed by atoms with Gasteiger partial charge in [-0.05, 0) is 52.0 Å². The Labute approximate surface area is 170 Å². The molecule has 146 valence electrons. The molecule has 0 saturated carbocycles. The van der Waals surface area contributed by atoms with Crippen LogP contribution in [0.2, 0.25) is 0 Å². The molecule has 0 radical (unpaired) electrons. The van der Waals surface area contributed by atoms with Gasteiger partial charge in [-0.2, -0.15) is 0 Å². The summed E-state index contributed by atoms with van der Waals surface area (Å²) in [5.74, 6) is 0.511. The van der Waals surface area contributed by atoms with Crippen LogP contribution in [-0.2, 0) is 0 Å². The largest absolute Gasteiger partial charge is 0.411 e. The Hall–Kier alpha value is -2.60. The quantitative estimate of drug-likeness (QED) is 0.383. The molecule has 28 heavy (non-hydrogen) atoms. The minimum Gasteiger partial charge on any atom is -0.411 e. The molecule has 0 saturated heterocycles. The molecular formula is C22H25N3O2S. The Morgan fingerprint density at radius 2 is 1.68 bits per heavy atom. The van der Waals surface area contributed by atoms with Crippen LogP contribution < -0.4 is 4.90 Å². The third-order valence-electron chi connectivity index (χ3n) is 4.63. The van der Waals surface area contributed by atoms with Crippen molar-refractivity contribution in [2.45, 2.75) is 38.2 Å². The van der Waals surface area contributed by atoms with Crippen molar-refractivity contribution in [3.8, 4) is 11.5 Å². The second-order valence-electron chi connectivity index (χ2n) is 6.58. The fourth-order valence-electron chi connectivity index (χ4n) is 2.93. The van der Waals surface area contributed by atoms with Gasteiger partial charge in [-0.15, -0.1) is 10.2 Å². The smallest absolute Gasteiger partial charge is 0.277 e. The second-order valence-corrected chi connectivity index (χ2v) is 7.87. The summed E-state index contributed by atoms with van der Waals surface area (Å²) in [5, 5.41) is 8.33.